The number of hydrogen-bond acceptors (Lipinski definition) is 4. The van der Waals surface area contributed by atoms with Crippen molar-refractivity contribution in [3.8, 4) is 0 Å². The number of hydrogen-bond donors (Lipinski definition) is 1. The summed E-state index contributed by atoms with van der Waals surface area (Å²) in [4.78, 5) is 0. The highest BCUT2D eigenvalue weighted by molar-refractivity contribution is 7.91. The zero-order valence-electron chi connectivity index (χ0n) is 10.9. The second-order valence-electron chi connectivity index (χ2n) is 4.86. The number of fused-ring (bicyclic) bond motifs is 1. The molecule has 110 valence electrons. The van der Waals surface area contributed by atoms with Gasteiger partial charge in [-0.25, -0.2) is 8.42 Å². The summed E-state index contributed by atoms with van der Waals surface area (Å²) in [5.41, 5.74) is 5.62. The maximum atomic E-state index is 12.6. The van der Waals surface area contributed by atoms with Crippen LogP contribution >= 0.6 is 23.7 Å². The van der Waals surface area contributed by atoms with Crippen LogP contribution in [0.1, 0.15) is 6.42 Å². The van der Waals surface area contributed by atoms with Crippen LogP contribution in [0.2, 0.25) is 0 Å². The molecule has 1 aromatic carbocycles. The summed E-state index contributed by atoms with van der Waals surface area (Å²) in [6.07, 6.45) is 0.862. The average molecular weight is 333 g/mol. The Balaban J connectivity index is 0.00000147. The second kappa shape index (κ2) is 5.99. The number of nitrogens with two attached hydrogens (primary N) is 1. The van der Waals surface area contributed by atoms with Gasteiger partial charge in [-0.1, -0.05) is 18.2 Å². The molecule has 7 heteroatoms. The lowest BCUT2D eigenvalue weighted by Crippen LogP contribution is -2.29. The number of sulfonamides is 1. The summed E-state index contributed by atoms with van der Waals surface area (Å²) in [5.74, 6) is 0.296. The molecule has 1 aromatic heterocycles. The maximum absolute atomic E-state index is 12.6. The molecule has 20 heavy (non-hydrogen) atoms. The Kier molecular flexibility index (Phi) is 4.71. The van der Waals surface area contributed by atoms with E-state index in [1.807, 2.05) is 24.3 Å². The van der Waals surface area contributed by atoms with E-state index in [0.717, 1.165) is 16.5 Å². The topological polar surface area (TPSA) is 63.4 Å². The largest absolute Gasteiger partial charge is 0.330 e. The minimum atomic E-state index is -3.35. The van der Waals surface area contributed by atoms with Crippen LogP contribution in [0.15, 0.2) is 34.5 Å². The molecule has 1 atom stereocenters. The van der Waals surface area contributed by atoms with Gasteiger partial charge in [0, 0.05) is 17.8 Å². The predicted molar refractivity (Wildman–Crippen MR) is 85.0 cm³/mol. The molecule has 0 bridgehead atoms. The van der Waals surface area contributed by atoms with E-state index >= 15 is 0 Å². The lowest BCUT2D eigenvalue weighted by molar-refractivity contribution is 0.460. The Hall–Kier alpha value is -0.660. The van der Waals surface area contributed by atoms with Gasteiger partial charge in [0.1, 0.15) is 4.21 Å². The molecule has 0 spiro atoms. The van der Waals surface area contributed by atoms with Crippen LogP contribution in [0.4, 0.5) is 0 Å². The Bertz CT molecular complexity index is 666. The van der Waals surface area contributed by atoms with Gasteiger partial charge in [0.15, 0.2) is 0 Å². The molecule has 3 rings (SSSR count). The standard InChI is InChI=1S/C13H16N2O2S2.ClH/c14-8-10-5-6-15(9-10)19(16,17)13-7-11-3-1-2-4-12(11)18-13;/h1-4,7,10H,5-6,8-9,14H2;1H. The van der Waals surface area contributed by atoms with Crippen LogP contribution < -0.4 is 5.73 Å². The summed E-state index contributed by atoms with van der Waals surface area (Å²) in [5, 5.41) is 0.987. The molecular formula is C13H17ClN2O2S2. The lowest BCUT2D eigenvalue weighted by Gasteiger charge is -2.14. The Morgan fingerprint density at radius 3 is 2.75 bits per heavy atom. The average Bonchev–Trinajstić information content (AvgIpc) is 3.05. The maximum Gasteiger partial charge on any atom is 0.252 e. The first-order valence-electron chi connectivity index (χ1n) is 6.30. The second-order valence-corrected chi connectivity index (χ2v) is 8.11. The highest BCUT2D eigenvalue weighted by Crippen LogP contribution is 2.32. The molecule has 0 radical (unpaired) electrons. The first-order chi connectivity index (χ1) is 9.11. The van der Waals surface area contributed by atoms with E-state index in [-0.39, 0.29) is 12.4 Å². The van der Waals surface area contributed by atoms with Gasteiger partial charge in [0.2, 0.25) is 0 Å². The molecule has 0 amide bonds. The fourth-order valence-electron chi connectivity index (χ4n) is 2.42. The van der Waals surface area contributed by atoms with Crippen LogP contribution in [0.3, 0.4) is 0 Å². The lowest BCUT2D eigenvalue weighted by atomic mass is 10.1. The van der Waals surface area contributed by atoms with Crippen molar-refractivity contribution in [3.63, 3.8) is 0 Å². The van der Waals surface area contributed by atoms with Crippen molar-refractivity contribution in [2.24, 2.45) is 11.7 Å². The SMILES string of the molecule is Cl.NCC1CCN(S(=O)(=O)c2cc3ccccc3s2)C1. The fraction of sp³-hybridized carbons (Fsp3) is 0.385. The third-order valence-corrected chi connectivity index (χ3v) is 7.01. The number of nitrogens with zero attached hydrogens (tertiary/aromatic N) is 1. The zero-order chi connectivity index (χ0) is 13.5. The molecule has 0 aliphatic carbocycles. The van der Waals surface area contributed by atoms with Crippen LogP contribution in [-0.2, 0) is 10.0 Å². The quantitative estimate of drug-likeness (QED) is 0.938. The third kappa shape index (κ3) is 2.71. The number of rotatable bonds is 3. The van der Waals surface area contributed by atoms with Gasteiger partial charge < -0.3 is 5.73 Å². The third-order valence-electron chi connectivity index (χ3n) is 3.58. The number of thiophene rings is 1. The smallest absolute Gasteiger partial charge is 0.252 e. The van der Waals surface area contributed by atoms with Gasteiger partial charge >= 0.3 is 0 Å². The van der Waals surface area contributed by atoms with Gasteiger partial charge in [-0.05, 0) is 36.4 Å². The van der Waals surface area contributed by atoms with E-state index < -0.39 is 10.0 Å². The van der Waals surface area contributed by atoms with Crippen LogP contribution in [-0.4, -0.2) is 32.4 Å². The van der Waals surface area contributed by atoms with Gasteiger partial charge in [-0.2, -0.15) is 4.31 Å². The van der Waals surface area contributed by atoms with Crippen molar-refractivity contribution in [1.82, 2.24) is 4.31 Å². The van der Waals surface area contributed by atoms with E-state index in [4.69, 9.17) is 5.73 Å². The van der Waals surface area contributed by atoms with Gasteiger partial charge in [-0.3, -0.25) is 0 Å². The molecule has 4 nitrogen and oxygen atoms in total. The van der Waals surface area contributed by atoms with Crippen molar-refractivity contribution in [2.45, 2.75) is 10.6 Å². The molecule has 1 aliphatic heterocycles. The van der Waals surface area contributed by atoms with Crippen molar-refractivity contribution in [2.75, 3.05) is 19.6 Å². The first-order valence-corrected chi connectivity index (χ1v) is 8.55. The summed E-state index contributed by atoms with van der Waals surface area (Å²) in [6, 6.07) is 9.51. The predicted octanol–water partition coefficient (Wildman–Crippen LogP) is 2.29. The van der Waals surface area contributed by atoms with Crippen molar-refractivity contribution >= 4 is 43.9 Å². The van der Waals surface area contributed by atoms with Gasteiger partial charge in [0.25, 0.3) is 10.0 Å². The normalized spacial score (nSPS) is 20.1. The van der Waals surface area contributed by atoms with E-state index in [2.05, 4.69) is 0 Å². The van der Waals surface area contributed by atoms with Crippen molar-refractivity contribution in [1.29, 1.82) is 0 Å². The molecule has 0 saturated carbocycles. The van der Waals surface area contributed by atoms with Gasteiger partial charge in [0.05, 0.1) is 0 Å². The number of benzene rings is 1. The van der Waals surface area contributed by atoms with E-state index in [1.54, 1.807) is 10.4 Å². The van der Waals surface area contributed by atoms with Crippen molar-refractivity contribution in [3.05, 3.63) is 30.3 Å². The van der Waals surface area contributed by atoms with E-state index in [9.17, 15) is 8.42 Å². The zero-order valence-corrected chi connectivity index (χ0v) is 13.3. The van der Waals surface area contributed by atoms with Crippen LogP contribution in [0, 0.1) is 5.92 Å². The minimum absolute atomic E-state index is 0. The van der Waals surface area contributed by atoms with Crippen LogP contribution in [0.5, 0.6) is 0 Å². The van der Waals surface area contributed by atoms with E-state index in [0.29, 0.717) is 29.8 Å². The molecule has 2 N–H and O–H groups in total. The Labute approximate surface area is 129 Å². The van der Waals surface area contributed by atoms with E-state index in [1.165, 1.54) is 11.3 Å². The van der Waals surface area contributed by atoms with Crippen molar-refractivity contribution < 1.29 is 8.42 Å². The molecule has 1 fully saturated rings. The summed E-state index contributed by atoms with van der Waals surface area (Å²) >= 11 is 1.34. The highest BCUT2D eigenvalue weighted by Gasteiger charge is 2.32. The minimum Gasteiger partial charge on any atom is -0.330 e. The Morgan fingerprint density at radius 2 is 2.10 bits per heavy atom. The molecule has 1 aliphatic rings. The highest BCUT2D eigenvalue weighted by atomic mass is 35.5. The molecular weight excluding hydrogens is 316 g/mol. The number of halogens is 1. The summed E-state index contributed by atoms with van der Waals surface area (Å²) in [6.45, 7) is 1.68. The summed E-state index contributed by atoms with van der Waals surface area (Å²) < 4.78 is 28.1. The fourth-order valence-corrected chi connectivity index (χ4v) is 5.50. The molecule has 2 aromatic rings. The van der Waals surface area contributed by atoms with Gasteiger partial charge in [-0.15, -0.1) is 23.7 Å². The first kappa shape index (κ1) is 15.7. The molecule has 1 saturated heterocycles. The molecule has 1 unspecified atom stereocenters. The summed E-state index contributed by atoms with van der Waals surface area (Å²) in [7, 11) is -3.35. The Morgan fingerprint density at radius 1 is 1.35 bits per heavy atom. The monoisotopic (exact) mass is 332 g/mol. The van der Waals surface area contributed by atoms with Crippen LogP contribution in [0.25, 0.3) is 10.1 Å². The molecule has 2 heterocycles.